The van der Waals surface area contributed by atoms with Gasteiger partial charge in [0.2, 0.25) is 0 Å². The Morgan fingerprint density at radius 3 is 2.87 bits per heavy atom. The fraction of sp³-hybridized carbons (Fsp3) is 0.909. The summed E-state index contributed by atoms with van der Waals surface area (Å²) in [5.41, 5.74) is 0. The highest BCUT2D eigenvalue weighted by Crippen LogP contribution is 2.15. The van der Waals surface area contributed by atoms with Crippen LogP contribution in [0.5, 0.6) is 0 Å². The number of aliphatic imine (C=N–C) groups is 1. The Labute approximate surface area is 97.7 Å². The van der Waals surface area contributed by atoms with E-state index in [1.807, 2.05) is 11.8 Å². The first kappa shape index (κ1) is 12.8. The molecule has 1 saturated heterocycles. The molecule has 88 valence electrons. The molecule has 1 rings (SSSR count). The van der Waals surface area contributed by atoms with Crippen LogP contribution < -0.4 is 5.32 Å². The average Bonchev–Trinajstić information content (AvgIpc) is 2.65. The average molecular weight is 229 g/mol. The van der Waals surface area contributed by atoms with Crippen molar-refractivity contribution in [1.29, 1.82) is 0 Å². The van der Waals surface area contributed by atoms with Crippen molar-refractivity contribution in [2.45, 2.75) is 32.2 Å². The molecule has 0 aromatic rings. The highest BCUT2D eigenvalue weighted by molar-refractivity contribution is 8.14. The Morgan fingerprint density at radius 2 is 2.27 bits per heavy atom. The summed E-state index contributed by atoms with van der Waals surface area (Å²) in [4.78, 5) is 6.79. The van der Waals surface area contributed by atoms with Crippen LogP contribution in [-0.4, -0.2) is 49.0 Å². The first-order valence-electron chi connectivity index (χ1n) is 5.81. The second kappa shape index (κ2) is 7.12. The SMILES string of the molecule is CCC1CSC(=NCCCCN(C)C)N1. The smallest absolute Gasteiger partial charge is 0.156 e. The Bertz CT molecular complexity index is 204. The normalized spacial score (nSPS) is 23.7. The summed E-state index contributed by atoms with van der Waals surface area (Å²) in [7, 11) is 4.23. The fourth-order valence-electron chi connectivity index (χ4n) is 1.47. The molecule has 0 aliphatic carbocycles. The predicted molar refractivity (Wildman–Crippen MR) is 69.8 cm³/mol. The van der Waals surface area contributed by atoms with E-state index < -0.39 is 0 Å². The molecule has 15 heavy (non-hydrogen) atoms. The summed E-state index contributed by atoms with van der Waals surface area (Å²) in [6.45, 7) is 4.36. The standard InChI is InChI=1S/C11H23N3S/c1-4-10-9-15-11(13-10)12-7-5-6-8-14(2)3/h10H,4-9H2,1-3H3,(H,12,13). The van der Waals surface area contributed by atoms with Gasteiger partial charge in [-0.05, 0) is 39.9 Å². The largest absolute Gasteiger partial charge is 0.361 e. The topological polar surface area (TPSA) is 27.6 Å². The van der Waals surface area contributed by atoms with Crippen molar-refractivity contribution in [3.05, 3.63) is 0 Å². The Hall–Kier alpha value is -0.220. The van der Waals surface area contributed by atoms with Crippen molar-refractivity contribution in [2.75, 3.05) is 32.9 Å². The lowest BCUT2D eigenvalue weighted by Gasteiger charge is -2.08. The summed E-state index contributed by atoms with van der Waals surface area (Å²) >= 11 is 1.87. The van der Waals surface area contributed by atoms with E-state index in [2.05, 4.69) is 36.2 Å². The van der Waals surface area contributed by atoms with Gasteiger partial charge in [0.15, 0.2) is 5.17 Å². The van der Waals surface area contributed by atoms with E-state index in [0.29, 0.717) is 6.04 Å². The first-order chi connectivity index (χ1) is 7.22. The zero-order chi connectivity index (χ0) is 11.1. The molecule has 0 aromatic carbocycles. The van der Waals surface area contributed by atoms with Gasteiger partial charge in [0.25, 0.3) is 0 Å². The molecule has 0 radical (unpaired) electrons. The maximum absolute atomic E-state index is 4.57. The summed E-state index contributed by atoms with van der Waals surface area (Å²) in [6, 6.07) is 0.649. The molecule has 1 heterocycles. The Balaban J connectivity index is 2.06. The van der Waals surface area contributed by atoms with E-state index in [-0.39, 0.29) is 0 Å². The summed E-state index contributed by atoms with van der Waals surface area (Å²) in [5, 5.41) is 4.60. The van der Waals surface area contributed by atoms with E-state index in [0.717, 1.165) is 11.7 Å². The number of rotatable bonds is 6. The molecule has 0 amide bonds. The molecule has 0 saturated carbocycles. The van der Waals surface area contributed by atoms with Crippen LogP contribution in [0.2, 0.25) is 0 Å². The van der Waals surface area contributed by atoms with Gasteiger partial charge in [0.1, 0.15) is 0 Å². The molecule has 3 nitrogen and oxygen atoms in total. The molecule has 1 aliphatic heterocycles. The second-order valence-electron chi connectivity index (χ2n) is 4.26. The van der Waals surface area contributed by atoms with Crippen LogP contribution in [0.1, 0.15) is 26.2 Å². The van der Waals surface area contributed by atoms with Crippen molar-refractivity contribution >= 4 is 16.9 Å². The van der Waals surface area contributed by atoms with Gasteiger partial charge < -0.3 is 10.2 Å². The quantitative estimate of drug-likeness (QED) is 0.704. The number of thioether (sulfide) groups is 1. The van der Waals surface area contributed by atoms with E-state index in [1.54, 1.807) is 0 Å². The molecule has 0 aromatic heterocycles. The first-order valence-corrected chi connectivity index (χ1v) is 6.79. The van der Waals surface area contributed by atoms with Gasteiger partial charge in [-0.2, -0.15) is 0 Å². The molecule has 1 fully saturated rings. The van der Waals surface area contributed by atoms with Crippen LogP contribution in [0.4, 0.5) is 0 Å². The van der Waals surface area contributed by atoms with Gasteiger partial charge in [0, 0.05) is 18.3 Å². The van der Waals surface area contributed by atoms with Crippen molar-refractivity contribution in [1.82, 2.24) is 10.2 Å². The van der Waals surface area contributed by atoms with E-state index in [9.17, 15) is 0 Å². The minimum absolute atomic E-state index is 0.649. The molecule has 0 bridgehead atoms. The van der Waals surface area contributed by atoms with Crippen molar-refractivity contribution < 1.29 is 0 Å². The third kappa shape index (κ3) is 5.42. The lowest BCUT2D eigenvalue weighted by atomic mass is 10.3. The van der Waals surface area contributed by atoms with E-state index in [4.69, 9.17) is 0 Å². The Kier molecular flexibility index (Phi) is 6.10. The number of nitrogens with zero attached hydrogens (tertiary/aromatic N) is 2. The van der Waals surface area contributed by atoms with E-state index in [1.165, 1.54) is 31.6 Å². The van der Waals surface area contributed by atoms with Gasteiger partial charge in [-0.25, -0.2) is 0 Å². The molecular formula is C11H23N3S. The number of hydrogen-bond acceptors (Lipinski definition) is 3. The molecular weight excluding hydrogens is 206 g/mol. The lowest BCUT2D eigenvalue weighted by molar-refractivity contribution is 0.396. The van der Waals surface area contributed by atoms with Crippen LogP contribution in [0.3, 0.4) is 0 Å². The summed E-state index contributed by atoms with van der Waals surface area (Å²) < 4.78 is 0. The van der Waals surface area contributed by atoms with Crippen LogP contribution >= 0.6 is 11.8 Å². The molecule has 4 heteroatoms. The number of nitrogens with one attached hydrogen (secondary N) is 1. The van der Waals surface area contributed by atoms with Crippen molar-refractivity contribution in [3.63, 3.8) is 0 Å². The highest BCUT2D eigenvalue weighted by atomic mass is 32.2. The highest BCUT2D eigenvalue weighted by Gasteiger charge is 2.17. The molecule has 1 unspecified atom stereocenters. The van der Waals surface area contributed by atoms with Crippen molar-refractivity contribution in [3.8, 4) is 0 Å². The van der Waals surface area contributed by atoms with Gasteiger partial charge >= 0.3 is 0 Å². The zero-order valence-electron chi connectivity index (χ0n) is 10.1. The van der Waals surface area contributed by atoms with Crippen LogP contribution in [0.25, 0.3) is 0 Å². The van der Waals surface area contributed by atoms with Crippen LogP contribution in [-0.2, 0) is 0 Å². The molecule has 0 spiro atoms. The van der Waals surface area contributed by atoms with E-state index >= 15 is 0 Å². The summed E-state index contributed by atoms with van der Waals surface area (Å²) in [5.74, 6) is 1.19. The predicted octanol–water partition coefficient (Wildman–Crippen LogP) is 1.80. The number of amidine groups is 1. The van der Waals surface area contributed by atoms with Gasteiger partial charge in [0.05, 0.1) is 0 Å². The number of hydrogen-bond donors (Lipinski definition) is 1. The maximum atomic E-state index is 4.57. The minimum atomic E-state index is 0.649. The second-order valence-corrected chi connectivity index (χ2v) is 5.27. The van der Waals surface area contributed by atoms with Crippen molar-refractivity contribution in [2.24, 2.45) is 4.99 Å². The molecule has 1 aliphatic rings. The lowest BCUT2D eigenvalue weighted by Crippen LogP contribution is -2.25. The Morgan fingerprint density at radius 1 is 1.47 bits per heavy atom. The zero-order valence-corrected chi connectivity index (χ0v) is 10.9. The number of unbranched alkanes of at least 4 members (excludes halogenated alkanes) is 1. The summed E-state index contributed by atoms with van der Waals surface area (Å²) in [6.07, 6.45) is 3.64. The maximum Gasteiger partial charge on any atom is 0.156 e. The third-order valence-electron chi connectivity index (χ3n) is 2.51. The fourth-order valence-corrected chi connectivity index (χ4v) is 2.58. The molecule has 1 N–H and O–H groups in total. The molecule has 1 atom stereocenters. The van der Waals surface area contributed by atoms with Gasteiger partial charge in [-0.15, -0.1) is 0 Å². The monoisotopic (exact) mass is 229 g/mol. The van der Waals surface area contributed by atoms with Gasteiger partial charge in [-0.3, -0.25) is 4.99 Å². The minimum Gasteiger partial charge on any atom is -0.361 e. The van der Waals surface area contributed by atoms with Gasteiger partial charge in [-0.1, -0.05) is 18.7 Å². The van der Waals surface area contributed by atoms with Crippen LogP contribution in [0.15, 0.2) is 4.99 Å². The third-order valence-corrected chi connectivity index (χ3v) is 3.60. The van der Waals surface area contributed by atoms with Crippen LogP contribution in [0, 0.1) is 0 Å².